The Balaban J connectivity index is 2.07. The van der Waals surface area contributed by atoms with Crippen LogP contribution >= 0.6 is 23.4 Å². The van der Waals surface area contributed by atoms with Gasteiger partial charge >= 0.3 is 0 Å². The van der Waals surface area contributed by atoms with Crippen molar-refractivity contribution >= 4 is 23.4 Å². The van der Waals surface area contributed by atoms with Gasteiger partial charge in [0.2, 0.25) is 0 Å². The Morgan fingerprint density at radius 1 is 1.45 bits per heavy atom. The molecule has 0 bridgehead atoms. The molecule has 1 aliphatic rings. The lowest BCUT2D eigenvalue weighted by atomic mass is 9.99. The fourth-order valence-corrected chi connectivity index (χ4v) is 4.31. The molecule has 1 aromatic carbocycles. The number of nitrogens with one attached hydrogen (secondary N) is 1. The molecule has 0 aromatic heterocycles. The number of rotatable bonds is 6. The molecule has 1 fully saturated rings. The van der Waals surface area contributed by atoms with E-state index in [9.17, 15) is 4.39 Å². The van der Waals surface area contributed by atoms with Crippen LogP contribution in [0.2, 0.25) is 5.02 Å². The quantitative estimate of drug-likeness (QED) is 0.818. The van der Waals surface area contributed by atoms with E-state index in [-0.39, 0.29) is 5.82 Å². The second-order valence-corrected chi connectivity index (χ2v) is 7.19. The molecule has 0 saturated carbocycles. The maximum Gasteiger partial charge on any atom is 0.126 e. The molecule has 1 saturated heterocycles. The lowest BCUT2D eigenvalue weighted by Gasteiger charge is -2.31. The average Bonchev–Trinajstić information content (AvgIpc) is 2.48. The SMILES string of the molecule is CCCNC(Cc1cc(Cl)ccc1F)C1CCCCS1. The van der Waals surface area contributed by atoms with Gasteiger partial charge in [0.25, 0.3) is 0 Å². The van der Waals surface area contributed by atoms with Gasteiger partial charge in [-0.25, -0.2) is 4.39 Å². The Morgan fingerprint density at radius 2 is 2.30 bits per heavy atom. The van der Waals surface area contributed by atoms with Gasteiger partial charge in [-0.15, -0.1) is 0 Å². The minimum Gasteiger partial charge on any atom is -0.313 e. The topological polar surface area (TPSA) is 12.0 Å². The van der Waals surface area contributed by atoms with Crippen LogP contribution in [0.1, 0.15) is 38.2 Å². The van der Waals surface area contributed by atoms with Crippen LogP contribution in [0.5, 0.6) is 0 Å². The van der Waals surface area contributed by atoms with E-state index >= 15 is 0 Å². The highest BCUT2D eigenvalue weighted by Gasteiger charge is 2.24. The molecule has 1 aliphatic heterocycles. The molecule has 0 spiro atoms. The third-order valence-electron chi connectivity index (χ3n) is 3.77. The monoisotopic (exact) mass is 315 g/mol. The predicted molar refractivity (Wildman–Crippen MR) is 87.3 cm³/mol. The molecular weight excluding hydrogens is 293 g/mol. The first-order valence-electron chi connectivity index (χ1n) is 7.49. The summed E-state index contributed by atoms with van der Waals surface area (Å²) < 4.78 is 13.9. The second kappa shape index (κ2) is 8.26. The van der Waals surface area contributed by atoms with Gasteiger partial charge in [-0.05, 0) is 61.7 Å². The van der Waals surface area contributed by atoms with Crippen LogP contribution in [0.4, 0.5) is 4.39 Å². The van der Waals surface area contributed by atoms with Gasteiger partial charge in [0, 0.05) is 16.3 Å². The van der Waals surface area contributed by atoms with Crippen LogP contribution in [0, 0.1) is 5.82 Å². The zero-order valence-corrected chi connectivity index (χ0v) is 13.6. The van der Waals surface area contributed by atoms with Crippen molar-refractivity contribution in [2.45, 2.75) is 50.3 Å². The van der Waals surface area contributed by atoms with Crippen LogP contribution in [-0.4, -0.2) is 23.6 Å². The number of hydrogen-bond donors (Lipinski definition) is 1. The van der Waals surface area contributed by atoms with Gasteiger partial charge in [0.1, 0.15) is 5.82 Å². The van der Waals surface area contributed by atoms with Gasteiger partial charge in [-0.2, -0.15) is 11.8 Å². The van der Waals surface area contributed by atoms with Gasteiger partial charge in [0.15, 0.2) is 0 Å². The van der Waals surface area contributed by atoms with Crippen molar-refractivity contribution in [3.63, 3.8) is 0 Å². The summed E-state index contributed by atoms with van der Waals surface area (Å²) in [6.07, 6.45) is 5.66. The highest BCUT2D eigenvalue weighted by Crippen LogP contribution is 2.29. The third-order valence-corrected chi connectivity index (χ3v) is 5.52. The van der Waals surface area contributed by atoms with Gasteiger partial charge in [-0.3, -0.25) is 0 Å². The molecule has 2 rings (SSSR count). The number of hydrogen-bond acceptors (Lipinski definition) is 2. The molecule has 112 valence electrons. The lowest BCUT2D eigenvalue weighted by Crippen LogP contribution is -2.41. The van der Waals surface area contributed by atoms with Crippen molar-refractivity contribution in [1.29, 1.82) is 0 Å². The normalized spacial score (nSPS) is 20.9. The Bertz CT molecular complexity index is 421. The predicted octanol–water partition coefficient (Wildman–Crippen LogP) is 4.68. The highest BCUT2D eigenvalue weighted by atomic mass is 35.5. The maximum absolute atomic E-state index is 13.9. The van der Waals surface area contributed by atoms with Crippen LogP contribution in [0.3, 0.4) is 0 Å². The molecule has 2 atom stereocenters. The minimum absolute atomic E-state index is 0.140. The summed E-state index contributed by atoms with van der Waals surface area (Å²) in [7, 11) is 0. The molecule has 20 heavy (non-hydrogen) atoms. The summed E-state index contributed by atoms with van der Waals surface area (Å²) in [5, 5.41) is 4.81. The van der Waals surface area contributed by atoms with Crippen LogP contribution in [-0.2, 0) is 6.42 Å². The largest absolute Gasteiger partial charge is 0.313 e. The molecule has 1 heterocycles. The molecule has 0 radical (unpaired) electrons. The van der Waals surface area contributed by atoms with Crippen molar-refractivity contribution in [3.8, 4) is 0 Å². The van der Waals surface area contributed by atoms with Gasteiger partial charge < -0.3 is 5.32 Å². The van der Waals surface area contributed by atoms with E-state index in [0.717, 1.165) is 24.9 Å². The standard InChI is InChI=1S/C16H23ClFNS/c1-2-8-19-15(16-5-3-4-9-20-16)11-12-10-13(17)6-7-14(12)18/h6-7,10,15-16,19H,2-5,8-9,11H2,1H3. The number of benzene rings is 1. The Kier molecular flexibility index (Phi) is 6.66. The Labute approximate surface area is 130 Å². The first-order chi connectivity index (χ1) is 9.70. The summed E-state index contributed by atoms with van der Waals surface area (Å²) in [5.41, 5.74) is 0.734. The number of halogens is 2. The van der Waals surface area contributed by atoms with Crippen molar-refractivity contribution in [3.05, 3.63) is 34.6 Å². The van der Waals surface area contributed by atoms with E-state index in [1.165, 1.54) is 31.1 Å². The van der Waals surface area contributed by atoms with E-state index < -0.39 is 0 Å². The molecule has 2 unspecified atom stereocenters. The van der Waals surface area contributed by atoms with Crippen molar-refractivity contribution < 1.29 is 4.39 Å². The minimum atomic E-state index is -0.140. The van der Waals surface area contributed by atoms with E-state index in [0.29, 0.717) is 16.3 Å². The molecule has 4 heteroatoms. The van der Waals surface area contributed by atoms with Gasteiger partial charge in [0.05, 0.1) is 0 Å². The average molecular weight is 316 g/mol. The Hall–Kier alpha value is -0.250. The van der Waals surface area contributed by atoms with Crippen molar-refractivity contribution in [2.24, 2.45) is 0 Å². The summed E-state index contributed by atoms with van der Waals surface area (Å²) in [5.74, 6) is 1.09. The highest BCUT2D eigenvalue weighted by molar-refractivity contribution is 8.00. The summed E-state index contributed by atoms with van der Waals surface area (Å²) >= 11 is 8.03. The van der Waals surface area contributed by atoms with E-state index in [2.05, 4.69) is 12.2 Å². The summed E-state index contributed by atoms with van der Waals surface area (Å²) in [6, 6.07) is 5.20. The van der Waals surface area contributed by atoms with Gasteiger partial charge in [-0.1, -0.05) is 24.9 Å². The molecule has 1 N–H and O–H groups in total. The summed E-state index contributed by atoms with van der Waals surface area (Å²) in [4.78, 5) is 0. The van der Waals surface area contributed by atoms with Crippen LogP contribution in [0.15, 0.2) is 18.2 Å². The molecular formula is C16H23ClFNS. The maximum atomic E-state index is 13.9. The zero-order chi connectivity index (χ0) is 14.4. The fraction of sp³-hybridized carbons (Fsp3) is 0.625. The van der Waals surface area contributed by atoms with E-state index in [4.69, 9.17) is 11.6 Å². The summed E-state index contributed by atoms with van der Waals surface area (Å²) in [6.45, 7) is 3.15. The molecule has 0 aliphatic carbocycles. The number of thioether (sulfide) groups is 1. The van der Waals surface area contributed by atoms with E-state index in [1.807, 2.05) is 11.8 Å². The zero-order valence-electron chi connectivity index (χ0n) is 12.0. The van der Waals surface area contributed by atoms with Crippen molar-refractivity contribution in [2.75, 3.05) is 12.3 Å². The van der Waals surface area contributed by atoms with E-state index in [1.54, 1.807) is 12.1 Å². The second-order valence-electron chi connectivity index (χ2n) is 5.41. The first kappa shape index (κ1) is 16.1. The molecule has 1 nitrogen and oxygen atoms in total. The molecule has 0 amide bonds. The van der Waals surface area contributed by atoms with Crippen LogP contribution < -0.4 is 5.32 Å². The van der Waals surface area contributed by atoms with Crippen LogP contribution in [0.25, 0.3) is 0 Å². The Morgan fingerprint density at radius 3 is 3.00 bits per heavy atom. The van der Waals surface area contributed by atoms with Crippen molar-refractivity contribution in [1.82, 2.24) is 5.32 Å². The third kappa shape index (κ3) is 4.64. The molecule has 1 aromatic rings. The fourth-order valence-electron chi connectivity index (χ4n) is 2.68. The smallest absolute Gasteiger partial charge is 0.126 e. The lowest BCUT2D eigenvalue weighted by molar-refractivity contribution is 0.454. The first-order valence-corrected chi connectivity index (χ1v) is 8.92.